The van der Waals surface area contributed by atoms with Gasteiger partial charge in [0.1, 0.15) is 12.2 Å². The van der Waals surface area contributed by atoms with Crippen molar-refractivity contribution < 1.29 is 9.84 Å². The quantitative estimate of drug-likeness (QED) is 0.764. The number of nitrogens with one attached hydrogen (secondary N) is 1. The van der Waals surface area contributed by atoms with Crippen molar-refractivity contribution in [1.29, 1.82) is 0 Å². The van der Waals surface area contributed by atoms with Crippen LogP contribution in [0.25, 0.3) is 5.65 Å². The fourth-order valence-electron chi connectivity index (χ4n) is 3.38. The molecule has 3 atom stereocenters. The maximum Gasteiger partial charge on any atom is 0.160 e. The molecule has 0 amide bonds. The topological polar surface area (TPSA) is 58.8 Å². The summed E-state index contributed by atoms with van der Waals surface area (Å²) in [6, 6.07) is 11.7. The summed E-state index contributed by atoms with van der Waals surface area (Å²) in [4.78, 5) is 4.61. The second-order valence-electron chi connectivity index (χ2n) is 5.94. The molecule has 23 heavy (non-hydrogen) atoms. The number of hydrogen-bond acceptors (Lipinski definition) is 4. The molecule has 2 N–H and O–H groups in total. The lowest BCUT2D eigenvalue weighted by molar-refractivity contribution is -0.0268. The number of aliphatic hydroxyl groups is 1. The molecule has 0 fully saturated rings. The van der Waals surface area contributed by atoms with Gasteiger partial charge >= 0.3 is 0 Å². The van der Waals surface area contributed by atoms with Gasteiger partial charge in [0, 0.05) is 25.1 Å². The summed E-state index contributed by atoms with van der Waals surface area (Å²) < 4.78 is 7.60. The average molecular weight is 309 g/mol. The Balaban J connectivity index is 1.89. The van der Waals surface area contributed by atoms with E-state index in [4.69, 9.17) is 4.74 Å². The molecule has 0 aliphatic carbocycles. The minimum Gasteiger partial charge on any atom is -0.388 e. The number of imidazole rings is 1. The van der Waals surface area contributed by atoms with Gasteiger partial charge in [0.05, 0.1) is 17.4 Å². The van der Waals surface area contributed by atoms with E-state index in [1.165, 1.54) is 0 Å². The molecule has 3 heterocycles. The minimum absolute atomic E-state index is 0.239. The third-order valence-electron chi connectivity index (χ3n) is 4.45. The van der Waals surface area contributed by atoms with Gasteiger partial charge in [-0.2, -0.15) is 0 Å². The van der Waals surface area contributed by atoms with Gasteiger partial charge < -0.3 is 19.6 Å². The van der Waals surface area contributed by atoms with Crippen molar-refractivity contribution in [2.45, 2.75) is 25.2 Å². The molecular formula is C18H19N3O2. The number of aromatic nitrogens is 2. The number of fused-ring (bicyclic) bond motifs is 3. The smallest absolute Gasteiger partial charge is 0.160 e. The van der Waals surface area contributed by atoms with Crippen LogP contribution in [-0.4, -0.2) is 27.7 Å². The van der Waals surface area contributed by atoms with Crippen molar-refractivity contribution in [2.24, 2.45) is 0 Å². The Labute approximate surface area is 134 Å². The maximum atomic E-state index is 10.8. The summed E-state index contributed by atoms with van der Waals surface area (Å²) in [6.45, 7) is 1.97. The van der Waals surface area contributed by atoms with E-state index in [1.807, 2.05) is 60.1 Å². The first kappa shape index (κ1) is 14.2. The second kappa shape index (κ2) is 5.37. The van der Waals surface area contributed by atoms with Crippen molar-refractivity contribution in [3.63, 3.8) is 0 Å². The van der Waals surface area contributed by atoms with Gasteiger partial charge in [-0.1, -0.05) is 30.3 Å². The highest BCUT2D eigenvalue weighted by atomic mass is 16.5. The SMILES string of the molecule is CO[C@@H]1c2ccn3cc(C)nc3c2N[C@H](c2ccccc2)[C@H]1O. The first-order chi connectivity index (χ1) is 11.2. The van der Waals surface area contributed by atoms with Crippen molar-refractivity contribution in [1.82, 2.24) is 9.38 Å². The molecule has 0 saturated heterocycles. The molecule has 118 valence electrons. The first-order valence-corrected chi connectivity index (χ1v) is 7.69. The largest absolute Gasteiger partial charge is 0.388 e. The fraction of sp³-hybridized carbons (Fsp3) is 0.278. The number of benzene rings is 1. The molecule has 3 aromatic rings. The normalized spacial score (nSPS) is 23.5. The lowest BCUT2D eigenvalue weighted by atomic mass is 9.89. The monoisotopic (exact) mass is 309 g/mol. The van der Waals surface area contributed by atoms with E-state index in [0.717, 1.165) is 28.2 Å². The number of anilines is 1. The highest BCUT2D eigenvalue weighted by molar-refractivity contribution is 5.74. The average Bonchev–Trinajstić information content (AvgIpc) is 2.95. The Morgan fingerprint density at radius 1 is 1.22 bits per heavy atom. The van der Waals surface area contributed by atoms with Crippen molar-refractivity contribution in [2.75, 3.05) is 12.4 Å². The standard InChI is InChI=1S/C18H19N3O2/c1-11-10-21-9-8-13-15(18(21)19-11)20-14(16(22)17(13)23-2)12-6-4-3-5-7-12/h3-10,14,16-17,20,22H,1-2H3/t14-,16-,17-/m1/s1. The third kappa shape index (κ3) is 2.20. The molecule has 2 aromatic heterocycles. The lowest BCUT2D eigenvalue weighted by Crippen LogP contribution is -2.37. The van der Waals surface area contributed by atoms with Crippen LogP contribution in [-0.2, 0) is 4.74 Å². The number of pyridine rings is 1. The molecular weight excluding hydrogens is 290 g/mol. The molecule has 1 aromatic carbocycles. The number of ether oxygens (including phenoxy) is 1. The van der Waals surface area contributed by atoms with Crippen LogP contribution in [0.1, 0.15) is 29.0 Å². The Morgan fingerprint density at radius 2 is 2.00 bits per heavy atom. The molecule has 5 nitrogen and oxygen atoms in total. The zero-order valence-electron chi connectivity index (χ0n) is 13.1. The molecule has 1 aliphatic heterocycles. The maximum absolute atomic E-state index is 10.8. The Hall–Kier alpha value is -2.37. The van der Waals surface area contributed by atoms with Gasteiger partial charge in [-0.25, -0.2) is 4.98 Å². The predicted molar refractivity (Wildman–Crippen MR) is 88.5 cm³/mol. The van der Waals surface area contributed by atoms with Gasteiger partial charge in [0.25, 0.3) is 0 Å². The van der Waals surface area contributed by atoms with Crippen LogP contribution in [0.3, 0.4) is 0 Å². The fourth-order valence-corrected chi connectivity index (χ4v) is 3.38. The molecule has 0 spiro atoms. The lowest BCUT2D eigenvalue weighted by Gasteiger charge is -2.37. The van der Waals surface area contributed by atoms with Crippen LogP contribution >= 0.6 is 0 Å². The zero-order valence-corrected chi connectivity index (χ0v) is 13.1. The second-order valence-corrected chi connectivity index (χ2v) is 5.94. The van der Waals surface area contributed by atoms with Gasteiger partial charge in [0.15, 0.2) is 5.65 Å². The molecule has 0 radical (unpaired) electrons. The summed E-state index contributed by atoms with van der Waals surface area (Å²) in [5, 5.41) is 14.3. The van der Waals surface area contributed by atoms with E-state index in [1.54, 1.807) is 7.11 Å². The van der Waals surface area contributed by atoms with Crippen molar-refractivity contribution in [3.05, 3.63) is 65.6 Å². The van der Waals surface area contributed by atoms with Crippen molar-refractivity contribution >= 4 is 11.3 Å². The molecule has 0 unspecified atom stereocenters. The molecule has 0 saturated carbocycles. The van der Waals surface area contributed by atoms with Gasteiger partial charge in [-0.05, 0) is 18.6 Å². The number of hydrogen-bond donors (Lipinski definition) is 2. The summed E-state index contributed by atoms with van der Waals surface area (Å²) in [5.74, 6) is 0. The van der Waals surface area contributed by atoms with E-state index >= 15 is 0 Å². The number of methoxy groups -OCH3 is 1. The van der Waals surface area contributed by atoms with E-state index in [0.29, 0.717) is 0 Å². The van der Waals surface area contributed by atoms with Crippen LogP contribution < -0.4 is 5.32 Å². The summed E-state index contributed by atoms with van der Waals surface area (Å²) >= 11 is 0. The molecule has 5 heteroatoms. The highest BCUT2D eigenvalue weighted by Crippen LogP contribution is 2.42. The predicted octanol–water partition coefficient (Wildman–Crippen LogP) is 2.86. The van der Waals surface area contributed by atoms with Crippen LogP contribution in [0.15, 0.2) is 48.8 Å². The zero-order chi connectivity index (χ0) is 16.0. The van der Waals surface area contributed by atoms with Gasteiger partial charge in [0.2, 0.25) is 0 Å². The Kier molecular flexibility index (Phi) is 3.32. The van der Waals surface area contributed by atoms with Gasteiger partial charge in [-0.15, -0.1) is 0 Å². The number of nitrogens with zero attached hydrogens (tertiary/aromatic N) is 2. The summed E-state index contributed by atoms with van der Waals surface area (Å²) in [6.07, 6.45) is 2.88. The summed E-state index contributed by atoms with van der Waals surface area (Å²) in [5.41, 5.74) is 4.70. The van der Waals surface area contributed by atoms with Crippen LogP contribution in [0.2, 0.25) is 0 Å². The number of rotatable bonds is 2. The summed E-state index contributed by atoms with van der Waals surface area (Å²) in [7, 11) is 1.63. The van der Waals surface area contributed by atoms with E-state index in [9.17, 15) is 5.11 Å². The van der Waals surface area contributed by atoms with E-state index < -0.39 is 12.2 Å². The Morgan fingerprint density at radius 3 is 2.74 bits per heavy atom. The molecule has 4 rings (SSSR count). The molecule has 1 aliphatic rings. The highest BCUT2D eigenvalue weighted by Gasteiger charge is 2.37. The van der Waals surface area contributed by atoms with Crippen LogP contribution in [0, 0.1) is 6.92 Å². The van der Waals surface area contributed by atoms with Crippen molar-refractivity contribution in [3.8, 4) is 0 Å². The minimum atomic E-state index is -0.673. The van der Waals surface area contributed by atoms with E-state index in [-0.39, 0.29) is 6.04 Å². The Bertz CT molecular complexity index is 844. The third-order valence-corrected chi connectivity index (χ3v) is 4.45. The van der Waals surface area contributed by atoms with Crippen LogP contribution in [0.4, 0.5) is 5.69 Å². The van der Waals surface area contributed by atoms with E-state index in [2.05, 4.69) is 10.3 Å². The van der Waals surface area contributed by atoms with Gasteiger partial charge in [-0.3, -0.25) is 0 Å². The van der Waals surface area contributed by atoms with Crippen LogP contribution in [0.5, 0.6) is 0 Å². The number of aliphatic hydroxyl groups excluding tert-OH is 1. The number of aryl methyl sites for hydroxylation is 1. The molecule has 0 bridgehead atoms. The first-order valence-electron chi connectivity index (χ1n) is 7.69.